The second-order valence-electron chi connectivity index (χ2n) is 9.31. The number of fused-ring (bicyclic) bond motifs is 1. The van der Waals surface area contributed by atoms with Crippen LogP contribution in [0.25, 0.3) is 0 Å². The molecule has 216 valence electrons. The smallest absolute Gasteiger partial charge is 0.386 e. The third kappa shape index (κ3) is 7.03. The van der Waals surface area contributed by atoms with Crippen molar-refractivity contribution in [1.82, 2.24) is 4.90 Å². The molecule has 0 spiro atoms. The molecular weight excluding hydrogens is 551 g/mol. The Kier molecular flexibility index (Phi) is 9.39. The van der Waals surface area contributed by atoms with Gasteiger partial charge in [-0.05, 0) is 48.9 Å². The lowest BCUT2D eigenvalue weighted by Gasteiger charge is -2.30. The highest BCUT2D eigenvalue weighted by molar-refractivity contribution is 6.13. The normalized spacial score (nSPS) is 13.9. The number of nitrogens with zero attached hydrogens (tertiary/aromatic N) is 2. The van der Waals surface area contributed by atoms with Crippen LogP contribution >= 0.6 is 0 Å². The van der Waals surface area contributed by atoms with E-state index in [-0.39, 0.29) is 11.3 Å². The minimum absolute atomic E-state index is 0.0935. The van der Waals surface area contributed by atoms with E-state index in [4.69, 9.17) is 5.73 Å². The van der Waals surface area contributed by atoms with E-state index in [1.54, 1.807) is 72.8 Å². The molecule has 11 heteroatoms. The molecule has 0 saturated carbocycles. The van der Waals surface area contributed by atoms with Crippen molar-refractivity contribution in [2.45, 2.75) is 31.5 Å². The van der Waals surface area contributed by atoms with E-state index in [1.165, 1.54) is 11.0 Å². The number of hydrogen-bond donors (Lipinski definition) is 1. The molecule has 8 nitrogen and oxygen atoms in total. The molecule has 0 bridgehead atoms. The second kappa shape index (κ2) is 13.1. The number of rotatable bonds is 7. The summed E-state index contributed by atoms with van der Waals surface area (Å²) in [5.74, 6) is 0.602. The minimum atomic E-state index is -5.39. The third-order valence-electron chi connectivity index (χ3n) is 6.40. The van der Waals surface area contributed by atoms with Gasteiger partial charge in [-0.2, -0.15) is 13.2 Å². The highest BCUT2D eigenvalue weighted by Crippen LogP contribution is 2.36. The standard InChI is InChI=1S/C31H26F3N3O5/c32-31(33,34)30(41)42-28(39)19-26(22-11-5-1-6-12-22)36-20-27(38)37(23-13-7-2-8-14-23)25-16-15-21(10-4-3-9-17-35)18-24(25)29(36)40/h1-2,5-8,11-16,18,26H,3,9,17,19-20,35H2. The zero-order valence-corrected chi connectivity index (χ0v) is 22.3. The van der Waals surface area contributed by atoms with Gasteiger partial charge in [0.2, 0.25) is 0 Å². The first-order valence-electron chi connectivity index (χ1n) is 13.0. The molecular formula is C31H26F3N3O5. The lowest BCUT2D eigenvalue weighted by atomic mass is 10.00. The van der Waals surface area contributed by atoms with Gasteiger partial charge in [0.1, 0.15) is 6.54 Å². The average Bonchev–Trinajstić information content (AvgIpc) is 3.08. The molecule has 2 amide bonds. The summed E-state index contributed by atoms with van der Waals surface area (Å²) in [6.45, 7) is -0.0572. The van der Waals surface area contributed by atoms with Crippen molar-refractivity contribution in [2.24, 2.45) is 5.73 Å². The molecule has 0 aromatic heterocycles. The Labute approximate surface area is 239 Å². The van der Waals surface area contributed by atoms with Crippen LogP contribution in [0.1, 0.15) is 46.8 Å². The van der Waals surface area contributed by atoms with Crippen molar-refractivity contribution in [3.8, 4) is 11.8 Å². The number of alkyl halides is 3. The number of anilines is 2. The Morgan fingerprint density at radius 2 is 1.64 bits per heavy atom. The molecule has 1 heterocycles. The molecule has 4 rings (SSSR count). The van der Waals surface area contributed by atoms with Crippen LogP contribution in [-0.2, 0) is 19.1 Å². The Morgan fingerprint density at radius 1 is 0.976 bits per heavy atom. The van der Waals surface area contributed by atoms with Gasteiger partial charge in [0.25, 0.3) is 11.8 Å². The summed E-state index contributed by atoms with van der Waals surface area (Å²) in [4.78, 5) is 54.3. The fourth-order valence-corrected chi connectivity index (χ4v) is 4.47. The summed E-state index contributed by atoms with van der Waals surface area (Å²) in [6, 6.07) is 20.2. The first-order valence-corrected chi connectivity index (χ1v) is 13.0. The molecule has 3 aromatic carbocycles. The Morgan fingerprint density at radius 3 is 2.29 bits per heavy atom. The fraction of sp³-hybridized carbons (Fsp3) is 0.226. The molecule has 42 heavy (non-hydrogen) atoms. The highest BCUT2D eigenvalue weighted by Gasteiger charge is 2.43. The molecule has 3 aromatic rings. The molecule has 0 saturated heterocycles. The lowest BCUT2D eigenvalue weighted by Crippen LogP contribution is -2.41. The summed E-state index contributed by atoms with van der Waals surface area (Å²) in [5.41, 5.74) is 7.22. The van der Waals surface area contributed by atoms with E-state index in [0.717, 1.165) is 4.90 Å². The van der Waals surface area contributed by atoms with E-state index >= 15 is 0 Å². The Bertz CT molecular complexity index is 1530. The molecule has 0 aliphatic carbocycles. The number of nitrogens with two attached hydrogens (primary N) is 1. The van der Waals surface area contributed by atoms with E-state index in [0.29, 0.717) is 36.2 Å². The van der Waals surface area contributed by atoms with E-state index in [9.17, 15) is 32.3 Å². The van der Waals surface area contributed by atoms with Gasteiger partial charge in [0.15, 0.2) is 0 Å². The number of unbranched alkanes of at least 4 members (excludes halogenated alkanes) is 1. The zero-order valence-electron chi connectivity index (χ0n) is 22.3. The minimum Gasteiger partial charge on any atom is -0.386 e. The highest BCUT2D eigenvalue weighted by atomic mass is 19.4. The zero-order chi connectivity index (χ0) is 30.3. The van der Waals surface area contributed by atoms with Crippen molar-refractivity contribution in [1.29, 1.82) is 0 Å². The first kappa shape index (κ1) is 30.0. The number of amides is 2. The predicted molar refractivity (Wildman–Crippen MR) is 147 cm³/mol. The van der Waals surface area contributed by atoms with Crippen LogP contribution in [0.2, 0.25) is 0 Å². The van der Waals surface area contributed by atoms with Gasteiger partial charge in [-0.15, -0.1) is 0 Å². The summed E-state index contributed by atoms with van der Waals surface area (Å²) < 4.78 is 42.3. The van der Waals surface area contributed by atoms with Crippen LogP contribution in [0.4, 0.5) is 24.5 Å². The maximum Gasteiger partial charge on any atom is 0.491 e. The van der Waals surface area contributed by atoms with Crippen LogP contribution in [0.5, 0.6) is 0 Å². The van der Waals surface area contributed by atoms with Crippen molar-refractivity contribution < 1.29 is 37.1 Å². The number of para-hydroxylation sites is 1. The van der Waals surface area contributed by atoms with E-state index < -0.39 is 48.9 Å². The number of halogens is 3. The van der Waals surface area contributed by atoms with Crippen LogP contribution in [0.3, 0.4) is 0 Å². The molecule has 2 N–H and O–H groups in total. The second-order valence-corrected chi connectivity index (χ2v) is 9.31. The van der Waals surface area contributed by atoms with E-state index in [2.05, 4.69) is 16.6 Å². The number of ether oxygens (including phenoxy) is 1. The van der Waals surface area contributed by atoms with Crippen molar-refractivity contribution in [3.63, 3.8) is 0 Å². The van der Waals surface area contributed by atoms with Crippen molar-refractivity contribution in [2.75, 3.05) is 18.0 Å². The number of hydrogen-bond acceptors (Lipinski definition) is 6. The van der Waals surface area contributed by atoms with Crippen LogP contribution in [0, 0.1) is 11.8 Å². The molecule has 1 aliphatic heterocycles. The van der Waals surface area contributed by atoms with E-state index in [1.807, 2.05) is 0 Å². The molecule has 1 unspecified atom stereocenters. The number of carbonyl (C=O) groups is 4. The first-order chi connectivity index (χ1) is 20.1. The Balaban J connectivity index is 1.80. The van der Waals surface area contributed by atoms with Gasteiger partial charge in [-0.1, -0.05) is 60.4 Å². The summed E-state index contributed by atoms with van der Waals surface area (Å²) in [5, 5.41) is 0. The van der Waals surface area contributed by atoms with Gasteiger partial charge >= 0.3 is 18.1 Å². The molecule has 0 radical (unpaired) electrons. The van der Waals surface area contributed by atoms with Gasteiger partial charge in [-0.25, -0.2) is 4.79 Å². The topological polar surface area (TPSA) is 110 Å². The molecule has 0 fully saturated rings. The van der Waals surface area contributed by atoms with Gasteiger partial charge in [-0.3, -0.25) is 19.3 Å². The quantitative estimate of drug-likeness (QED) is 0.189. The van der Waals surface area contributed by atoms with Crippen molar-refractivity contribution in [3.05, 3.63) is 95.6 Å². The summed E-state index contributed by atoms with van der Waals surface area (Å²) in [6.07, 6.45) is -4.98. The fourth-order valence-electron chi connectivity index (χ4n) is 4.47. The molecule has 1 atom stereocenters. The largest absolute Gasteiger partial charge is 0.491 e. The maximum absolute atomic E-state index is 14.1. The summed E-state index contributed by atoms with van der Waals surface area (Å²) >= 11 is 0. The summed E-state index contributed by atoms with van der Waals surface area (Å²) in [7, 11) is 0. The lowest BCUT2D eigenvalue weighted by molar-refractivity contribution is -0.202. The van der Waals surface area contributed by atoms with Gasteiger partial charge in [0.05, 0.1) is 23.7 Å². The van der Waals surface area contributed by atoms with Crippen LogP contribution in [0.15, 0.2) is 78.9 Å². The van der Waals surface area contributed by atoms with Crippen LogP contribution < -0.4 is 10.6 Å². The number of esters is 2. The number of carbonyl (C=O) groups excluding carboxylic acids is 4. The maximum atomic E-state index is 14.1. The van der Waals surface area contributed by atoms with Gasteiger partial charge in [0, 0.05) is 17.7 Å². The molecule has 1 aliphatic rings. The number of benzene rings is 3. The third-order valence-corrected chi connectivity index (χ3v) is 6.40. The van der Waals surface area contributed by atoms with Crippen molar-refractivity contribution >= 4 is 35.1 Å². The SMILES string of the molecule is NCCCC#Cc1ccc2c(c1)C(=O)N(C(CC(=O)OC(=O)C(F)(F)F)c1ccccc1)CC(=O)N2c1ccccc1. The average molecular weight is 578 g/mol. The monoisotopic (exact) mass is 577 g/mol. The Hall–Kier alpha value is -4.95. The predicted octanol–water partition coefficient (Wildman–Crippen LogP) is 4.66. The van der Waals surface area contributed by atoms with Gasteiger partial charge < -0.3 is 15.4 Å². The van der Waals surface area contributed by atoms with Crippen LogP contribution in [-0.4, -0.2) is 47.9 Å².